The Balaban J connectivity index is 1.08. The molecule has 2 aliphatic rings. The molecule has 202 valence electrons. The van der Waals surface area contributed by atoms with Gasteiger partial charge in [-0.25, -0.2) is 15.0 Å². The summed E-state index contributed by atoms with van der Waals surface area (Å²) in [6.45, 7) is 3.24. The molecule has 0 bridgehead atoms. The highest BCUT2D eigenvalue weighted by molar-refractivity contribution is 5.83. The smallest absolute Gasteiger partial charge is 0.234 e. The van der Waals surface area contributed by atoms with E-state index in [1.54, 1.807) is 18.6 Å². The minimum absolute atomic E-state index is 0.189. The zero-order valence-corrected chi connectivity index (χ0v) is 22.3. The van der Waals surface area contributed by atoms with Crippen molar-refractivity contribution in [2.75, 3.05) is 18.4 Å². The number of benzene rings is 1. The Hall–Kier alpha value is -5.14. The number of rotatable bonds is 6. The van der Waals surface area contributed by atoms with E-state index >= 15 is 0 Å². The molecule has 0 atom stereocenters. The van der Waals surface area contributed by atoms with E-state index in [2.05, 4.69) is 65.1 Å². The first-order chi connectivity index (χ1) is 20.2. The van der Waals surface area contributed by atoms with E-state index in [0.717, 1.165) is 72.1 Å². The third kappa shape index (κ3) is 4.99. The van der Waals surface area contributed by atoms with Gasteiger partial charge in [-0.2, -0.15) is 5.26 Å². The van der Waals surface area contributed by atoms with Crippen molar-refractivity contribution in [3.8, 4) is 45.7 Å². The summed E-state index contributed by atoms with van der Waals surface area (Å²) < 4.78 is 8.15. The van der Waals surface area contributed by atoms with Gasteiger partial charge in [-0.05, 0) is 42.7 Å². The van der Waals surface area contributed by atoms with Crippen LogP contribution in [0.2, 0.25) is 0 Å². The Morgan fingerprint density at radius 1 is 0.927 bits per heavy atom. The Bertz CT molecular complexity index is 1720. The lowest BCUT2D eigenvalue weighted by atomic mass is 10.0. The highest BCUT2D eigenvalue weighted by Gasteiger charge is 2.27. The van der Waals surface area contributed by atoms with E-state index in [4.69, 9.17) is 15.0 Å². The number of likely N-dealkylation sites (tertiary alicyclic amines) is 1. The minimum Gasteiger partial charge on any atom is -0.472 e. The number of anilines is 1. The number of piperidine rings is 1. The molecule has 6 heterocycles. The number of ether oxygens (including phenoxy) is 1. The summed E-state index contributed by atoms with van der Waals surface area (Å²) >= 11 is 0. The van der Waals surface area contributed by atoms with Crippen LogP contribution in [0.4, 0.5) is 5.82 Å². The predicted molar refractivity (Wildman–Crippen MR) is 153 cm³/mol. The molecule has 10 heteroatoms. The molecule has 41 heavy (non-hydrogen) atoms. The van der Waals surface area contributed by atoms with Crippen molar-refractivity contribution in [3.05, 3.63) is 90.9 Å². The van der Waals surface area contributed by atoms with E-state index < -0.39 is 0 Å². The number of hydrogen-bond donors (Lipinski definition) is 1. The number of imidazole rings is 1. The van der Waals surface area contributed by atoms with Gasteiger partial charge in [-0.15, -0.1) is 0 Å². The molecule has 1 saturated heterocycles. The van der Waals surface area contributed by atoms with Gasteiger partial charge in [0.2, 0.25) is 5.82 Å². The first kappa shape index (κ1) is 24.9. The van der Waals surface area contributed by atoms with E-state index in [0.29, 0.717) is 18.6 Å². The number of nitrogens with zero attached hydrogens (tertiary/aromatic N) is 8. The van der Waals surface area contributed by atoms with Crippen LogP contribution in [0.15, 0.2) is 79.5 Å². The topological polar surface area (TPSA) is 118 Å². The first-order valence-electron chi connectivity index (χ1n) is 13.6. The van der Waals surface area contributed by atoms with Crippen LogP contribution in [0, 0.1) is 11.3 Å². The fourth-order valence-electron chi connectivity index (χ4n) is 5.55. The van der Waals surface area contributed by atoms with Crippen molar-refractivity contribution in [1.82, 2.24) is 34.4 Å². The van der Waals surface area contributed by atoms with Gasteiger partial charge < -0.3 is 10.1 Å². The molecule has 1 aromatic carbocycles. The molecule has 1 N–H and O–H groups in total. The van der Waals surface area contributed by atoms with Gasteiger partial charge >= 0.3 is 0 Å². The maximum Gasteiger partial charge on any atom is 0.234 e. The van der Waals surface area contributed by atoms with Crippen LogP contribution >= 0.6 is 0 Å². The van der Waals surface area contributed by atoms with Crippen molar-refractivity contribution >= 4 is 5.82 Å². The summed E-state index contributed by atoms with van der Waals surface area (Å²) in [4.78, 5) is 24.4. The Morgan fingerprint density at radius 2 is 1.78 bits per heavy atom. The average molecular weight is 542 g/mol. The Labute approximate surface area is 237 Å². The third-order valence-corrected chi connectivity index (χ3v) is 7.60. The maximum atomic E-state index is 9.04. The normalized spacial score (nSPS) is 14.9. The number of fused-ring (bicyclic) bond motifs is 3. The number of pyridine rings is 2. The zero-order chi connectivity index (χ0) is 27.6. The zero-order valence-electron chi connectivity index (χ0n) is 22.3. The van der Waals surface area contributed by atoms with Crippen LogP contribution < -0.4 is 10.1 Å². The van der Waals surface area contributed by atoms with Gasteiger partial charge in [-0.3, -0.25) is 19.4 Å². The molecule has 0 unspecified atom stereocenters. The molecule has 4 aromatic heterocycles. The fourth-order valence-corrected chi connectivity index (χ4v) is 5.55. The van der Waals surface area contributed by atoms with Crippen LogP contribution in [-0.4, -0.2) is 53.5 Å². The van der Waals surface area contributed by atoms with Gasteiger partial charge in [0, 0.05) is 67.8 Å². The van der Waals surface area contributed by atoms with Gasteiger partial charge in [0.1, 0.15) is 23.5 Å². The van der Waals surface area contributed by atoms with E-state index in [1.807, 2.05) is 36.7 Å². The molecule has 7 rings (SSSR count). The van der Waals surface area contributed by atoms with E-state index in [-0.39, 0.29) is 5.82 Å². The van der Waals surface area contributed by atoms with Crippen molar-refractivity contribution in [1.29, 1.82) is 5.26 Å². The molecule has 0 amide bonds. The molecule has 1 fully saturated rings. The van der Waals surface area contributed by atoms with Crippen molar-refractivity contribution in [2.45, 2.75) is 32.2 Å². The monoisotopic (exact) mass is 541 g/mol. The van der Waals surface area contributed by atoms with Crippen LogP contribution in [0.3, 0.4) is 0 Å². The van der Waals surface area contributed by atoms with Crippen molar-refractivity contribution in [2.24, 2.45) is 0 Å². The molecule has 5 aromatic rings. The highest BCUT2D eigenvalue weighted by Crippen LogP contribution is 2.41. The highest BCUT2D eigenvalue weighted by atomic mass is 16.5. The summed E-state index contributed by atoms with van der Waals surface area (Å²) in [7, 11) is 0. The number of hydrogen-bond acceptors (Lipinski definition) is 9. The molecule has 10 nitrogen and oxygen atoms in total. The molecule has 0 aliphatic carbocycles. The standard InChI is InChI=1S/C31H27N9O/c32-16-28-35-13-8-27(37-28)36-24-9-14-39(15-10-24)19-21-3-5-22(6-4-21)29-30(23-2-1-11-33-17-23)40-20-41-26-7-12-34-18-25(26)31(40)38-29/h1-8,11-13,17-18,24H,9-10,14-15,19-20H2,(H,35,36,37). The molecular formula is C31H27N9O. The lowest BCUT2D eigenvalue weighted by Gasteiger charge is -2.32. The second-order valence-electron chi connectivity index (χ2n) is 10.2. The molecule has 0 spiro atoms. The number of nitrogens with one attached hydrogen (secondary N) is 1. The van der Waals surface area contributed by atoms with Gasteiger partial charge in [-0.1, -0.05) is 24.3 Å². The second-order valence-corrected chi connectivity index (χ2v) is 10.2. The summed E-state index contributed by atoms with van der Waals surface area (Å²) in [5, 5.41) is 12.5. The number of aromatic nitrogens is 6. The number of nitriles is 1. The fraction of sp³-hybridized carbons (Fsp3) is 0.226. The van der Waals surface area contributed by atoms with Crippen LogP contribution in [-0.2, 0) is 13.3 Å². The largest absolute Gasteiger partial charge is 0.472 e. The van der Waals surface area contributed by atoms with Gasteiger partial charge in [0.15, 0.2) is 6.73 Å². The molecular weight excluding hydrogens is 514 g/mol. The summed E-state index contributed by atoms with van der Waals surface area (Å²) in [6, 6.07) is 18.7. The van der Waals surface area contributed by atoms with Gasteiger partial charge in [0.25, 0.3) is 0 Å². The third-order valence-electron chi connectivity index (χ3n) is 7.60. The summed E-state index contributed by atoms with van der Waals surface area (Å²) in [6.07, 6.45) is 10.8. The molecule has 0 radical (unpaired) electrons. The van der Waals surface area contributed by atoms with Crippen LogP contribution in [0.1, 0.15) is 24.2 Å². The van der Waals surface area contributed by atoms with Crippen molar-refractivity contribution in [3.63, 3.8) is 0 Å². The molecule has 0 saturated carbocycles. The average Bonchev–Trinajstić information content (AvgIpc) is 3.43. The predicted octanol–water partition coefficient (Wildman–Crippen LogP) is 4.76. The van der Waals surface area contributed by atoms with E-state index in [1.165, 1.54) is 5.56 Å². The van der Waals surface area contributed by atoms with Crippen LogP contribution in [0.25, 0.3) is 33.9 Å². The lowest BCUT2D eigenvalue weighted by molar-refractivity contribution is 0.211. The lowest BCUT2D eigenvalue weighted by Crippen LogP contribution is -2.38. The van der Waals surface area contributed by atoms with Crippen molar-refractivity contribution < 1.29 is 4.74 Å². The van der Waals surface area contributed by atoms with E-state index in [9.17, 15) is 0 Å². The first-order valence-corrected chi connectivity index (χ1v) is 13.6. The SMILES string of the molecule is N#Cc1nccc(NC2CCN(Cc3ccc(-c4nc5n(c4-c4cccnc4)COc4ccncc4-5)cc3)CC2)n1. The summed E-state index contributed by atoms with van der Waals surface area (Å²) in [5.74, 6) is 2.54. The Kier molecular flexibility index (Phi) is 6.55. The minimum atomic E-state index is 0.189. The molecule has 2 aliphatic heterocycles. The van der Waals surface area contributed by atoms with Gasteiger partial charge in [0.05, 0.1) is 17.0 Å². The maximum absolute atomic E-state index is 9.04. The summed E-state index contributed by atoms with van der Waals surface area (Å²) in [5.41, 5.74) is 6.06. The Morgan fingerprint density at radius 3 is 2.59 bits per heavy atom. The quantitative estimate of drug-likeness (QED) is 0.325. The second kappa shape index (κ2) is 10.8. The van der Waals surface area contributed by atoms with Crippen LogP contribution in [0.5, 0.6) is 5.75 Å².